The highest BCUT2D eigenvalue weighted by molar-refractivity contribution is 7.09. The zero-order chi connectivity index (χ0) is 12.4. The third kappa shape index (κ3) is 2.94. The van der Waals surface area contributed by atoms with Crippen molar-refractivity contribution in [3.63, 3.8) is 0 Å². The Hall–Kier alpha value is -0.410. The molecule has 1 heterocycles. The molecule has 3 atom stereocenters. The molecular formula is C15H24N2S. The van der Waals surface area contributed by atoms with Crippen LogP contribution in [0.3, 0.4) is 0 Å². The summed E-state index contributed by atoms with van der Waals surface area (Å²) < 4.78 is 0. The van der Waals surface area contributed by atoms with E-state index >= 15 is 0 Å². The van der Waals surface area contributed by atoms with Gasteiger partial charge in [-0.05, 0) is 43.9 Å². The summed E-state index contributed by atoms with van der Waals surface area (Å²) in [5.74, 6) is 2.10. The molecule has 100 valence electrons. The first kappa shape index (κ1) is 12.6. The van der Waals surface area contributed by atoms with Crippen LogP contribution < -0.4 is 5.32 Å². The average molecular weight is 264 g/mol. The number of nitrogens with zero attached hydrogens (tertiary/aromatic N) is 1. The van der Waals surface area contributed by atoms with E-state index in [2.05, 4.69) is 22.6 Å². The SMILES string of the molecule is CCC(NC1CCCC(C2CC2)C1)c1nccs1. The molecule has 0 saturated heterocycles. The molecule has 3 heteroatoms. The molecule has 1 aromatic heterocycles. The molecule has 3 rings (SSSR count). The minimum Gasteiger partial charge on any atom is -0.305 e. The van der Waals surface area contributed by atoms with E-state index in [0.717, 1.165) is 24.3 Å². The van der Waals surface area contributed by atoms with Crippen LogP contribution in [0.25, 0.3) is 0 Å². The molecular weight excluding hydrogens is 240 g/mol. The fraction of sp³-hybridized carbons (Fsp3) is 0.800. The van der Waals surface area contributed by atoms with Crippen molar-refractivity contribution in [2.45, 2.75) is 64.0 Å². The maximum Gasteiger partial charge on any atom is 0.109 e. The molecule has 2 aliphatic rings. The fourth-order valence-electron chi connectivity index (χ4n) is 3.43. The van der Waals surface area contributed by atoms with Crippen molar-refractivity contribution in [1.29, 1.82) is 0 Å². The first-order valence-corrected chi connectivity index (χ1v) is 8.40. The van der Waals surface area contributed by atoms with E-state index in [1.807, 2.05) is 6.20 Å². The van der Waals surface area contributed by atoms with Gasteiger partial charge in [0.15, 0.2) is 0 Å². The molecule has 0 spiro atoms. The van der Waals surface area contributed by atoms with Crippen molar-refractivity contribution in [3.05, 3.63) is 16.6 Å². The number of rotatable bonds is 5. The van der Waals surface area contributed by atoms with Crippen molar-refractivity contribution in [2.75, 3.05) is 0 Å². The third-order valence-corrected chi connectivity index (χ3v) is 5.49. The molecule has 18 heavy (non-hydrogen) atoms. The van der Waals surface area contributed by atoms with Crippen molar-refractivity contribution < 1.29 is 0 Å². The van der Waals surface area contributed by atoms with E-state index in [9.17, 15) is 0 Å². The van der Waals surface area contributed by atoms with Gasteiger partial charge in [0.25, 0.3) is 0 Å². The summed E-state index contributed by atoms with van der Waals surface area (Å²) in [5.41, 5.74) is 0. The van der Waals surface area contributed by atoms with E-state index in [1.54, 1.807) is 11.3 Å². The van der Waals surface area contributed by atoms with Gasteiger partial charge in [0.05, 0.1) is 6.04 Å². The van der Waals surface area contributed by atoms with E-state index in [1.165, 1.54) is 43.5 Å². The topological polar surface area (TPSA) is 24.9 Å². The van der Waals surface area contributed by atoms with Gasteiger partial charge in [-0.1, -0.05) is 19.8 Å². The summed E-state index contributed by atoms with van der Waals surface area (Å²) >= 11 is 1.79. The van der Waals surface area contributed by atoms with Crippen LogP contribution in [0.4, 0.5) is 0 Å². The van der Waals surface area contributed by atoms with Crippen LogP contribution in [-0.2, 0) is 0 Å². The van der Waals surface area contributed by atoms with Gasteiger partial charge in [0, 0.05) is 17.6 Å². The van der Waals surface area contributed by atoms with Crippen molar-refractivity contribution in [3.8, 4) is 0 Å². The standard InChI is InChI=1S/C15H24N2S/c1-2-14(15-16-8-9-18-15)17-13-5-3-4-12(10-13)11-6-7-11/h8-9,11-14,17H,2-7,10H2,1H3. The Morgan fingerprint density at radius 2 is 2.22 bits per heavy atom. The normalized spacial score (nSPS) is 30.3. The lowest BCUT2D eigenvalue weighted by molar-refractivity contribution is 0.244. The highest BCUT2D eigenvalue weighted by Crippen LogP contribution is 2.44. The van der Waals surface area contributed by atoms with Gasteiger partial charge in [0.1, 0.15) is 5.01 Å². The quantitative estimate of drug-likeness (QED) is 0.864. The lowest BCUT2D eigenvalue weighted by Gasteiger charge is -2.32. The Balaban J connectivity index is 1.57. The Labute approximate surface area is 114 Å². The van der Waals surface area contributed by atoms with Gasteiger partial charge in [-0.3, -0.25) is 0 Å². The second-order valence-corrected chi connectivity index (χ2v) is 6.89. The van der Waals surface area contributed by atoms with E-state index in [0.29, 0.717) is 6.04 Å². The Kier molecular flexibility index (Phi) is 4.00. The number of hydrogen-bond donors (Lipinski definition) is 1. The summed E-state index contributed by atoms with van der Waals surface area (Å²) in [6.45, 7) is 2.26. The number of nitrogens with one attached hydrogen (secondary N) is 1. The zero-order valence-electron chi connectivity index (χ0n) is 11.3. The molecule has 2 aliphatic carbocycles. The average Bonchev–Trinajstić information content (AvgIpc) is 3.12. The van der Waals surface area contributed by atoms with E-state index in [4.69, 9.17) is 0 Å². The molecule has 0 amide bonds. The molecule has 2 fully saturated rings. The van der Waals surface area contributed by atoms with Crippen LogP contribution in [0, 0.1) is 11.8 Å². The smallest absolute Gasteiger partial charge is 0.109 e. The van der Waals surface area contributed by atoms with Crippen LogP contribution in [0.1, 0.15) is 62.9 Å². The molecule has 1 aromatic rings. The summed E-state index contributed by atoms with van der Waals surface area (Å²) in [6.07, 6.45) is 11.8. The van der Waals surface area contributed by atoms with Gasteiger partial charge in [-0.15, -0.1) is 11.3 Å². The van der Waals surface area contributed by atoms with Crippen LogP contribution in [-0.4, -0.2) is 11.0 Å². The Morgan fingerprint density at radius 1 is 1.33 bits per heavy atom. The molecule has 1 N–H and O–H groups in total. The van der Waals surface area contributed by atoms with Crippen molar-refractivity contribution in [2.24, 2.45) is 11.8 Å². The lowest BCUT2D eigenvalue weighted by atomic mass is 9.82. The Morgan fingerprint density at radius 3 is 2.89 bits per heavy atom. The zero-order valence-corrected chi connectivity index (χ0v) is 12.1. The minimum atomic E-state index is 0.480. The third-order valence-electron chi connectivity index (χ3n) is 4.60. The number of hydrogen-bond acceptors (Lipinski definition) is 3. The lowest BCUT2D eigenvalue weighted by Crippen LogP contribution is -2.37. The predicted molar refractivity (Wildman–Crippen MR) is 76.8 cm³/mol. The van der Waals surface area contributed by atoms with Crippen LogP contribution in [0.15, 0.2) is 11.6 Å². The summed E-state index contributed by atoms with van der Waals surface area (Å²) in [7, 11) is 0. The number of aromatic nitrogens is 1. The largest absolute Gasteiger partial charge is 0.305 e. The van der Waals surface area contributed by atoms with Crippen LogP contribution in [0.2, 0.25) is 0 Å². The Bertz CT molecular complexity index is 359. The van der Waals surface area contributed by atoms with Gasteiger partial charge >= 0.3 is 0 Å². The maximum atomic E-state index is 4.48. The van der Waals surface area contributed by atoms with Crippen LogP contribution in [0.5, 0.6) is 0 Å². The second-order valence-electron chi connectivity index (χ2n) is 5.96. The first-order valence-electron chi connectivity index (χ1n) is 7.52. The summed E-state index contributed by atoms with van der Waals surface area (Å²) in [5, 5.41) is 7.23. The molecule has 3 unspecified atom stereocenters. The number of thiazole rings is 1. The predicted octanol–water partition coefficient (Wildman–Crippen LogP) is 4.15. The molecule has 0 radical (unpaired) electrons. The van der Waals surface area contributed by atoms with Gasteiger partial charge < -0.3 is 5.32 Å². The molecule has 2 nitrogen and oxygen atoms in total. The van der Waals surface area contributed by atoms with E-state index < -0.39 is 0 Å². The molecule has 0 bridgehead atoms. The second kappa shape index (κ2) is 5.70. The summed E-state index contributed by atoms with van der Waals surface area (Å²) in [6, 6.07) is 1.21. The van der Waals surface area contributed by atoms with Crippen molar-refractivity contribution in [1.82, 2.24) is 10.3 Å². The van der Waals surface area contributed by atoms with Crippen molar-refractivity contribution >= 4 is 11.3 Å². The minimum absolute atomic E-state index is 0.480. The first-order chi connectivity index (χ1) is 8.86. The summed E-state index contributed by atoms with van der Waals surface area (Å²) in [4.78, 5) is 4.48. The maximum absolute atomic E-state index is 4.48. The molecule has 2 saturated carbocycles. The molecule has 0 aromatic carbocycles. The fourth-order valence-corrected chi connectivity index (χ4v) is 4.21. The van der Waals surface area contributed by atoms with E-state index in [-0.39, 0.29) is 0 Å². The monoisotopic (exact) mass is 264 g/mol. The van der Waals surface area contributed by atoms with Crippen LogP contribution >= 0.6 is 11.3 Å². The highest BCUT2D eigenvalue weighted by atomic mass is 32.1. The van der Waals surface area contributed by atoms with Gasteiger partial charge in [-0.2, -0.15) is 0 Å². The van der Waals surface area contributed by atoms with Gasteiger partial charge in [0.2, 0.25) is 0 Å². The van der Waals surface area contributed by atoms with Gasteiger partial charge in [-0.25, -0.2) is 4.98 Å². The molecule has 0 aliphatic heterocycles. The highest BCUT2D eigenvalue weighted by Gasteiger charge is 2.35.